The molecule has 2 N–H and O–H groups in total. The molecule has 1 saturated heterocycles. The van der Waals surface area contributed by atoms with Crippen LogP contribution in [0.5, 0.6) is 0 Å². The lowest BCUT2D eigenvalue weighted by atomic mass is 9.96. The Kier molecular flexibility index (Phi) is 4.60. The molecule has 2 atom stereocenters. The van der Waals surface area contributed by atoms with Gasteiger partial charge in [-0.2, -0.15) is 0 Å². The first-order valence-corrected chi connectivity index (χ1v) is 7.54. The molecule has 22 heavy (non-hydrogen) atoms. The molecule has 2 amide bonds. The van der Waals surface area contributed by atoms with Crippen LogP contribution in [0.4, 0.5) is 0 Å². The zero-order chi connectivity index (χ0) is 16.5. The molecule has 1 aromatic rings. The summed E-state index contributed by atoms with van der Waals surface area (Å²) >= 11 is 0. The highest BCUT2D eigenvalue weighted by molar-refractivity contribution is 5.81. The van der Waals surface area contributed by atoms with Gasteiger partial charge in [0.05, 0.1) is 12.5 Å². The summed E-state index contributed by atoms with van der Waals surface area (Å²) in [7, 11) is 0. The van der Waals surface area contributed by atoms with Crippen LogP contribution in [0.1, 0.15) is 37.4 Å². The minimum Gasteiger partial charge on any atom is -0.466 e. The molecule has 0 spiro atoms. The van der Waals surface area contributed by atoms with Crippen LogP contribution >= 0.6 is 0 Å². The molecule has 1 aliphatic heterocycles. The summed E-state index contributed by atoms with van der Waals surface area (Å²) in [5.74, 6) is 1.05. The fraction of sp³-hybridized carbons (Fsp3) is 0.625. The molecule has 0 aromatic carbocycles. The molecule has 1 fully saturated rings. The lowest BCUT2D eigenvalue weighted by Crippen LogP contribution is -2.42. The van der Waals surface area contributed by atoms with Gasteiger partial charge in [0, 0.05) is 25.6 Å². The third-order valence-corrected chi connectivity index (χ3v) is 4.23. The summed E-state index contributed by atoms with van der Waals surface area (Å²) in [5, 5.41) is 13.4. The van der Waals surface area contributed by atoms with Crippen molar-refractivity contribution in [2.45, 2.75) is 39.7 Å². The maximum absolute atomic E-state index is 12.2. The van der Waals surface area contributed by atoms with E-state index in [1.165, 1.54) is 6.92 Å². The fourth-order valence-electron chi connectivity index (χ4n) is 2.92. The molecule has 0 bridgehead atoms. The van der Waals surface area contributed by atoms with Crippen molar-refractivity contribution >= 4 is 11.8 Å². The molecule has 0 saturated carbocycles. The van der Waals surface area contributed by atoms with Crippen molar-refractivity contribution in [3.63, 3.8) is 0 Å². The van der Waals surface area contributed by atoms with Gasteiger partial charge in [-0.3, -0.25) is 9.59 Å². The van der Waals surface area contributed by atoms with Crippen molar-refractivity contribution in [1.82, 2.24) is 10.2 Å². The molecule has 2 rings (SSSR count). The molecule has 2 heterocycles. The van der Waals surface area contributed by atoms with E-state index in [1.807, 2.05) is 6.92 Å². The summed E-state index contributed by atoms with van der Waals surface area (Å²) in [5.41, 5.74) is -0.502. The van der Waals surface area contributed by atoms with Gasteiger partial charge in [-0.05, 0) is 33.3 Å². The maximum Gasteiger partial charge on any atom is 0.225 e. The van der Waals surface area contributed by atoms with E-state index in [-0.39, 0.29) is 24.3 Å². The van der Waals surface area contributed by atoms with Gasteiger partial charge in [0.2, 0.25) is 11.8 Å². The summed E-state index contributed by atoms with van der Waals surface area (Å²) in [6.45, 7) is 7.95. The number of nitrogens with zero attached hydrogens (tertiary/aromatic N) is 1. The van der Waals surface area contributed by atoms with Gasteiger partial charge in [0.1, 0.15) is 17.1 Å². The molecule has 6 nitrogen and oxygen atoms in total. The average Bonchev–Trinajstić information content (AvgIpc) is 3.03. The zero-order valence-electron chi connectivity index (χ0n) is 13.6. The SMILES string of the molecule is CC(=O)N1CCC(C(=O)NCC(C)(O)c2cc(C)oc2C)C1. The number of aryl methyl sites for hydroxylation is 2. The normalized spacial score (nSPS) is 20.8. The number of furan rings is 1. The summed E-state index contributed by atoms with van der Waals surface area (Å²) in [4.78, 5) is 25.2. The van der Waals surface area contributed by atoms with Gasteiger partial charge < -0.3 is 19.7 Å². The van der Waals surface area contributed by atoms with E-state index in [4.69, 9.17) is 4.42 Å². The Hall–Kier alpha value is -1.82. The topological polar surface area (TPSA) is 82.8 Å². The van der Waals surface area contributed by atoms with Gasteiger partial charge in [0.25, 0.3) is 0 Å². The van der Waals surface area contributed by atoms with E-state index in [0.29, 0.717) is 30.8 Å². The van der Waals surface area contributed by atoms with E-state index >= 15 is 0 Å². The largest absolute Gasteiger partial charge is 0.466 e. The zero-order valence-corrected chi connectivity index (χ0v) is 13.6. The van der Waals surface area contributed by atoms with Crippen LogP contribution in [0.15, 0.2) is 10.5 Å². The average molecular weight is 308 g/mol. The fourth-order valence-corrected chi connectivity index (χ4v) is 2.92. The first-order chi connectivity index (χ1) is 10.2. The predicted octanol–water partition coefficient (Wildman–Crippen LogP) is 1.09. The van der Waals surface area contributed by atoms with Crippen molar-refractivity contribution in [2.75, 3.05) is 19.6 Å². The first-order valence-electron chi connectivity index (χ1n) is 7.54. The van der Waals surface area contributed by atoms with Crippen molar-refractivity contribution < 1.29 is 19.1 Å². The van der Waals surface area contributed by atoms with Gasteiger partial charge in [-0.1, -0.05) is 0 Å². The summed E-state index contributed by atoms with van der Waals surface area (Å²) in [6, 6.07) is 1.79. The number of rotatable bonds is 4. The smallest absolute Gasteiger partial charge is 0.225 e. The standard InChI is InChI=1S/C16H24N2O4/c1-10-7-14(11(2)22-10)16(4,21)9-17-15(20)13-5-6-18(8-13)12(3)19/h7,13,21H,5-6,8-9H2,1-4H3,(H,17,20). The number of hydrogen-bond donors (Lipinski definition) is 2. The number of carbonyl (C=O) groups is 2. The monoisotopic (exact) mass is 308 g/mol. The predicted molar refractivity (Wildman–Crippen MR) is 81.1 cm³/mol. The number of amides is 2. The quantitative estimate of drug-likeness (QED) is 0.872. The molecule has 0 aliphatic carbocycles. The third-order valence-electron chi connectivity index (χ3n) is 4.23. The van der Waals surface area contributed by atoms with Crippen LogP contribution in [-0.4, -0.2) is 41.5 Å². The van der Waals surface area contributed by atoms with Gasteiger partial charge in [-0.15, -0.1) is 0 Å². The maximum atomic E-state index is 12.2. The van der Waals surface area contributed by atoms with E-state index in [9.17, 15) is 14.7 Å². The summed E-state index contributed by atoms with van der Waals surface area (Å²) < 4.78 is 5.43. The molecule has 6 heteroatoms. The highest BCUT2D eigenvalue weighted by atomic mass is 16.3. The molecule has 1 aromatic heterocycles. The lowest BCUT2D eigenvalue weighted by Gasteiger charge is -2.24. The molecule has 2 unspecified atom stereocenters. The van der Waals surface area contributed by atoms with Crippen molar-refractivity contribution in [1.29, 1.82) is 0 Å². The molecule has 0 radical (unpaired) electrons. The second kappa shape index (κ2) is 6.12. The Morgan fingerprint density at radius 2 is 2.18 bits per heavy atom. The van der Waals surface area contributed by atoms with Crippen LogP contribution in [0.2, 0.25) is 0 Å². The number of carbonyl (C=O) groups excluding carboxylic acids is 2. The Bertz CT molecular complexity index is 577. The van der Waals surface area contributed by atoms with E-state index in [1.54, 1.807) is 24.8 Å². The second-order valence-corrected chi connectivity index (χ2v) is 6.27. The van der Waals surface area contributed by atoms with Crippen LogP contribution in [0.3, 0.4) is 0 Å². The number of hydrogen-bond acceptors (Lipinski definition) is 4. The summed E-state index contributed by atoms with van der Waals surface area (Å²) in [6.07, 6.45) is 0.664. The van der Waals surface area contributed by atoms with E-state index in [0.717, 1.165) is 5.76 Å². The highest BCUT2D eigenvalue weighted by Crippen LogP contribution is 2.26. The Morgan fingerprint density at radius 1 is 1.50 bits per heavy atom. The molecule has 122 valence electrons. The van der Waals surface area contributed by atoms with E-state index < -0.39 is 5.60 Å². The lowest BCUT2D eigenvalue weighted by molar-refractivity contribution is -0.129. The Balaban J connectivity index is 1.93. The number of aliphatic hydroxyl groups is 1. The molecular weight excluding hydrogens is 284 g/mol. The second-order valence-electron chi connectivity index (χ2n) is 6.27. The molecule has 1 aliphatic rings. The van der Waals surface area contributed by atoms with Gasteiger partial charge in [-0.25, -0.2) is 0 Å². The van der Waals surface area contributed by atoms with Crippen molar-refractivity contribution in [3.05, 3.63) is 23.2 Å². The Labute approximate surface area is 130 Å². The molecular formula is C16H24N2O4. The van der Waals surface area contributed by atoms with Crippen molar-refractivity contribution in [3.8, 4) is 0 Å². The Morgan fingerprint density at radius 3 is 2.68 bits per heavy atom. The van der Waals surface area contributed by atoms with E-state index in [2.05, 4.69) is 5.32 Å². The van der Waals surface area contributed by atoms with Crippen molar-refractivity contribution in [2.24, 2.45) is 5.92 Å². The first kappa shape index (κ1) is 16.5. The highest BCUT2D eigenvalue weighted by Gasteiger charge is 2.32. The van der Waals surface area contributed by atoms with Gasteiger partial charge >= 0.3 is 0 Å². The number of likely N-dealkylation sites (tertiary alicyclic amines) is 1. The van der Waals surface area contributed by atoms with Crippen LogP contribution in [0.25, 0.3) is 0 Å². The van der Waals surface area contributed by atoms with Crippen LogP contribution in [0, 0.1) is 19.8 Å². The van der Waals surface area contributed by atoms with Crippen LogP contribution in [-0.2, 0) is 15.2 Å². The number of nitrogens with one attached hydrogen (secondary N) is 1. The van der Waals surface area contributed by atoms with Gasteiger partial charge in [0.15, 0.2) is 0 Å². The third kappa shape index (κ3) is 3.50. The minimum atomic E-state index is -1.18. The van der Waals surface area contributed by atoms with Crippen LogP contribution < -0.4 is 5.32 Å². The minimum absolute atomic E-state index is 0.00760.